The van der Waals surface area contributed by atoms with Crippen molar-refractivity contribution in [3.63, 3.8) is 0 Å². The summed E-state index contributed by atoms with van der Waals surface area (Å²) in [4.78, 5) is 2.39. The second-order valence-corrected chi connectivity index (χ2v) is 8.66. The van der Waals surface area contributed by atoms with Crippen molar-refractivity contribution in [2.45, 2.75) is 129 Å². The smallest absolute Gasteiger partial charge is 0.000356 e. The minimum absolute atomic E-state index is 0.940. The van der Waals surface area contributed by atoms with Crippen molar-refractivity contribution in [2.75, 3.05) is 20.6 Å². The molecule has 0 heterocycles. The fourth-order valence-corrected chi connectivity index (χ4v) is 3.98. The van der Waals surface area contributed by atoms with Crippen LogP contribution in [0.1, 0.15) is 129 Å². The van der Waals surface area contributed by atoms with E-state index in [2.05, 4.69) is 32.8 Å². The van der Waals surface area contributed by atoms with E-state index in [-0.39, 0.29) is 0 Å². The third-order valence-electron chi connectivity index (χ3n) is 5.56. The molecule has 0 fully saturated rings. The summed E-state index contributed by atoms with van der Waals surface area (Å²) in [5.41, 5.74) is 0. The molecule has 0 aliphatic rings. The monoisotopic (exact) mass is 353 g/mol. The molecule has 0 N–H and O–H groups in total. The molecule has 0 bridgehead atoms. The van der Waals surface area contributed by atoms with E-state index < -0.39 is 0 Å². The third-order valence-corrected chi connectivity index (χ3v) is 5.56. The molecule has 0 saturated heterocycles. The second-order valence-electron chi connectivity index (χ2n) is 8.66. The van der Waals surface area contributed by atoms with Gasteiger partial charge in [-0.3, -0.25) is 0 Å². The summed E-state index contributed by atoms with van der Waals surface area (Å²) in [7, 11) is 4.47. The maximum atomic E-state index is 2.39. The predicted molar refractivity (Wildman–Crippen MR) is 116 cm³/mol. The quantitative estimate of drug-likeness (QED) is 0.199. The fraction of sp³-hybridized carbons (Fsp3) is 1.00. The van der Waals surface area contributed by atoms with Crippen molar-refractivity contribution in [1.29, 1.82) is 0 Å². The molecular weight excluding hydrogens is 302 g/mol. The van der Waals surface area contributed by atoms with Gasteiger partial charge in [0.2, 0.25) is 0 Å². The highest BCUT2D eigenvalue weighted by atomic mass is 15.1. The van der Waals surface area contributed by atoms with E-state index in [9.17, 15) is 0 Å². The molecule has 25 heavy (non-hydrogen) atoms. The van der Waals surface area contributed by atoms with Crippen LogP contribution in [0.5, 0.6) is 0 Å². The van der Waals surface area contributed by atoms with E-state index in [1.807, 2.05) is 0 Å². The van der Waals surface area contributed by atoms with Crippen LogP contribution < -0.4 is 0 Å². The van der Waals surface area contributed by atoms with E-state index in [0.717, 1.165) is 5.92 Å². The van der Waals surface area contributed by atoms with Crippen LogP contribution in [-0.4, -0.2) is 25.5 Å². The third kappa shape index (κ3) is 20.1. The number of rotatable bonds is 20. The average Bonchev–Trinajstić information content (AvgIpc) is 2.59. The summed E-state index contributed by atoms with van der Waals surface area (Å²) in [6.07, 6.45) is 26.1. The van der Waals surface area contributed by atoms with Gasteiger partial charge >= 0.3 is 0 Å². The van der Waals surface area contributed by atoms with Crippen molar-refractivity contribution in [1.82, 2.24) is 4.90 Å². The molecule has 0 aliphatic carbocycles. The molecule has 0 saturated carbocycles. The topological polar surface area (TPSA) is 3.24 Å². The standard InChI is InChI=1S/C24H51N/c1-5-7-9-11-12-13-14-15-16-17-18-20-22-24(23-25(3)4)21-19-10-8-6-2/h24H,5-23H2,1-4H3. The Kier molecular flexibility index (Phi) is 20.2. The lowest BCUT2D eigenvalue weighted by Gasteiger charge is -2.21. The molecule has 152 valence electrons. The Labute approximate surface area is 161 Å². The van der Waals surface area contributed by atoms with Crippen molar-refractivity contribution in [3.8, 4) is 0 Å². The first-order valence-corrected chi connectivity index (χ1v) is 11.8. The second kappa shape index (κ2) is 20.3. The average molecular weight is 354 g/mol. The summed E-state index contributed by atoms with van der Waals surface area (Å²) in [6, 6.07) is 0. The van der Waals surface area contributed by atoms with E-state index >= 15 is 0 Å². The molecule has 0 radical (unpaired) electrons. The summed E-state index contributed by atoms with van der Waals surface area (Å²) in [6.45, 7) is 5.91. The molecule has 0 rings (SSSR count). The zero-order chi connectivity index (χ0) is 18.6. The molecule has 1 unspecified atom stereocenters. The Morgan fingerprint density at radius 3 is 1.16 bits per heavy atom. The molecule has 1 atom stereocenters. The normalized spacial score (nSPS) is 12.8. The molecule has 0 aromatic rings. The van der Waals surface area contributed by atoms with Crippen molar-refractivity contribution in [3.05, 3.63) is 0 Å². The van der Waals surface area contributed by atoms with E-state index in [1.165, 1.54) is 122 Å². The van der Waals surface area contributed by atoms with E-state index in [4.69, 9.17) is 0 Å². The zero-order valence-corrected chi connectivity index (χ0v) is 18.5. The summed E-state index contributed by atoms with van der Waals surface area (Å²) < 4.78 is 0. The SMILES string of the molecule is CCCCCCCCCCCCCCC(CCCCCC)CN(C)C. The fourth-order valence-electron chi connectivity index (χ4n) is 3.98. The lowest BCUT2D eigenvalue weighted by Crippen LogP contribution is -2.21. The Bertz CT molecular complexity index is 236. The Morgan fingerprint density at radius 1 is 0.480 bits per heavy atom. The molecule has 0 aromatic carbocycles. The van der Waals surface area contributed by atoms with Crippen LogP contribution >= 0.6 is 0 Å². The van der Waals surface area contributed by atoms with Gasteiger partial charge in [-0.15, -0.1) is 0 Å². The molecule has 1 nitrogen and oxygen atoms in total. The predicted octanol–water partition coefficient (Wildman–Crippen LogP) is 8.23. The van der Waals surface area contributed by atoms with Gasteiger partial charge in [0.25, 0.3) is 0 Å². The first kappa shape index (κ1) is 25.0. The molecule has 0 amide bonds. The molecule has 0 spiro atoms. The lowest BCUT2D eigenvalue weighted by molar-refractivity contribution is 0.286. The van der Waals surface area contributed by atoms with Gasteiger partial charge in [0.05, 0.1) is 0 Å². The van der Waals surface area contributed by atoms with Gasteiger partial charge in [0, 0.05) is 6.54 Å². The van der Waals surface area contributed by atoms with Gasteiger partial charge in [0.1, 0.15) is 0 Å². The molecule has 0 aromatic heterocycles. The van der Waals surface area contributed by atoms with Crippen LogP contribution in [0, 0.1) is 5.92 Å². The highest BCUT2D eigenvalue weighted by Gasteiger charge is 2.09. The largest absolute Gasteiger partial charge is 0.309 e. The van der Waals surface area contributed by atoms with Gasteiger partial charge in [-0.1, -0.05) is 117 Å². The van der Waals surface area contributed by atoms with Gasteiger partial charge in [-0.25, -0.2) is 0 Å². The van der Waals surface area contributed by atoms with Gasteiger partial charge in [-0.05, 0) is 32.9 Å². The number of hydrogen-bond donors (Lipinski definition) is 0. The van der Waals surface area contributed by atoms with Crippen LogP contribution in [-0.2, 0) is 0 Å². The molecule has 0 aliphatic heterocycles. The van der Waals surface area contributed by atoms with Crippen molar-refractivity contribution < 1.29 is 0 Å². The highest BCUT2D eigenvalue weighted by Crippen LogP contribution is 2.19. The van der Waals surface area contributed by atoms with Crippen LogP contribution in [0.4, 0.5) is 0 Å². The molecule has 1 heteroatoms. The summed E-state index contributed by atoms with van der Waals surface area (Å²) in [5.74, 6) is 0.940. The number of hydrogen-bond acceptors (Lipinski definition) is 1. The molecular formula is C24H51N. The Hall–Kier alpha value is -0.0400. The minimum atomic E-state index is 0.940. The van der Waals surface area contributed by atoms with Crippen LogP contribution in [0.25, 0.3) is 0 Å². The first-order valence-electron chi connectivity index (χ1n) is 11.8. The highest BCUT2D eigenvalue weighted by molar-refractivity contribution is 4.63. The van der Waals surface area contributed by atoms with Crippen molar-refractivity contribution >= 4 is 0 Å². The minimum Gasteiger partial charge on any atom is -0.309 e. The van der Waals surface area contributed by atoms with Gasteiger partial charge in [0.15, 0.2) is 0 Å². The first-order chi connectivity index (χ1) is 12.2. The Balaban J connectivity index is 3.45. The Morgan fingerprint density at radius 2 is 0.800 bits per heavy atom. The number of unbranched alkanes of at least 4 members (excludes halogenated alkanes) is 14. The lowest BCUT2D eigenvalue weighted by atomic mass is 9.94. The maximum Gasteiger partial charge on any atom is 0.000356 e. The van der Waals surface area contributed by atoms with Crippen LogP contribution in [0.15, 0.2) is 0 Å². The maximum absolute atomic E-state index is 2.39. The van der Waals surface area contributed by atoms with E-state index in [1.54, 1.807) is 0 Å². The van der Waals surface area contributed by atoms with Gasteiger partial charge in [-0.2, -0.15) is 0 Å². The van der Waals surface area contributed by atoms with Crippen LogP contribution in [0.3, 0.4) is 0 Å². The summed E-state index contributed by atoms with van der Waals surface area (Å²) >= 11 is 0. The van der Waals surface area contributed by atoms with Crippen molar-refractivity contribution in [2.24, 2.45) is 5.92 Å². The van der Waals surface area contributed by atoms with Gasteiger partial charge < -0.3 is 4.90 Å². The van der Waals surface area contributed by atoms with E-state index in [0.29, 0.717) is 0 Å². The van der Waals surface area contributed by atoms with Crippen LogP contribution in [0.2, 0.25) is 0 Å². The zero-order valence-electron chi connectivity index (χ0n) is 18.5. The summed E-state index contributed by atoms with van der Waals surface area (Å²) in [5, 5.41) is 0. The number of nitrogens with zero attached hydrogens (tertiary/aromatic N) is 1.